The van der Waals surface area contributed by atoms with Crippen molar-refractivity contribution in [2.75, 3.05) is 99.8 Å². The molecule has 0 spiro atoms. The van der Waals surface area contributed by atoms with Crippen LogP contribution in [0, 0.1) is 0 Å². The summed E-state index contributed by atoms with van der Waals surface area (Å²) in [5, 5.41) is 3.79. The molecule has 0 aliphatic carbocycles. The van der Waals surface area contributed by atoms with Crippen LogP contribution in [-0.4, -0.2) is 118 Å². The lowest BCUT2D eigenvalue weighted by Crippen LogP contribution is -2.55. The topological polar surface area (TPSA) is 37.1 Å². The second-order valence-corrected chi connectivity index (χ2v) is 13.4. The summed E-state index contributed by atoms with van der Waals surface area (Å²) in [6.45, 7) is 33.4. The van der Waals surface area contributed by atoms with Gasteiger partial charge in [0.25, 0.3) is 0 Å². The zero-order valence-corrected chi connectivity index (χ0v) is 30.8. The van der Waals surface area contributed by atoms with E-state index < -0.39 is 0 Å². The normalized spacial score (nSPS) is 16.5. The van der Waals surface area contributed by atoms with Crippen molar-refractivity contribution in [2.24, 2.45) is 5.28 Å². The molecule has 0 radical (unpaired) electrons. The highest BCUT2D eigenvalue weighted by atomic mass is 16.7. The van der Waals surface area contributed by atoms with E-state index in [1.54, 1.807) is 11.1 Å². The van der Waals surface area contributed by atoms with Gasteiger partial charge in [-0.25, -0.2) is 0 Å². The van der Waals surface area contributed by atoms with Crippen molar-refractivity contribution in [3.8, 4) is 0 Å². The fourth-order valence-electron chi connectivity index (χ4n) is 6.19. The molecule has 0 aromatic carbocycles. The van der Waals surface area contributed by atoms with Crippen molar-refractivity contribution in [1.29, 1.82) is 0 Å². The van der Waals surface area contributed by atoms with Gasteiger partial charge in [-0.05, 0) is 52.0 Å². The maximum atomic E-state index is 5.40. The molecule has 7 nitrogen and oxygen atoms in total. The molecular weight excluding hydrogens is 594 g/mol. The van der Waals surface area contributed by atoms with Crippen LogP contribution in [0.3, 0.4) is 0 Å². The monoisotopic (exact) mass is 691 g/mol. The van der Waals surface area contributed by atoms with E-state index in [0.717, 1.165) is 32.1 Å². The lowest BCUT2D eigenvalue weighted by molar-refractivity contribution is -0.935. The van der Waals surface area contributed by atoms with Gasteiger partial charge in [0.2, 0.25) is 12.3 Å². The molecule has 0 aromatic rings. The van der Waals surface area contributed by atoms with Crippen molar-refractivity contribution >= 4 is 0 Å². The molecule has 1 saturated heterocycles. The number of morpholine rings is 1. The van der Waals surface area contributed by atoms with E-state index in [4.69, 9.17) is 9.57 Å². The van der Waals surface area contributed by atoms with Gasteiger partial charge in [0.15, 0.2) is 11.8 Å². The minimum Gasteiger partial charge on any atom is -0.370 e. The molecule has 7 heteroatoms. The fourth-order valence-corrected chi connectivity index (χ4v) is 6.19. The summed E-state index contributed by atoms with van der Waals surface area (Å²) in [6, 6.07) is 0. The predicted molar refractivity (Wildman–Crippen MR) is 219 cm³/mol. The van der Waals surface area contributed by atoms with E-state index >= 15 is 0 Å². The molecular formula is C41H96N5O2+3. The van der Waals surface area contributed by atoms with Gasteiger partial charge in [-0.2, -0.15) is 0 Å². The van der Waals surface area contributed by atoms with E-state index in [-0.39, 0.29) is 37.1 Å². The Morgan fingerprint density at radius 1 is 0.771 bits per heavy atom. The highest BCUT2D eigenvalue weighted by molar-refractivity contribution is 5.18. The summed E-state index contributed by atoms with van der Waals surface area (Å²) in [6.07, 6.45) is 12.8. The van der Waals surface area contributed by atoms with Crippen molar-refractivity contribution in [1.82, 2.24) is 4.90 Å². The molecule has 3 heterocycles. The van der Waals surface area contributed by atoms with Crippen LogP contribution in [0.4, 0.5) is 0 Å². The number of quaternary nitrogens is 2. The van der Waals surface area contributed by atoms with Crippen LogP contribution in [-0.2, 0) is 9.57 Å². The van der Waals surface area contributed by atoms with Crippen molar-refractivity contribution < 1.29 is 23.2 Å². The largest absolute Gasteiger partial charge is 0.370 e. The van der Waals surface area contributed by atoms with Crippen LogP contribution in [0.2, 0.25) is 0 Å². The summed E-state index contributed by atoms with van der Waals surface area (Å²) in [5.41, 5.74) is 3.40. The number of hydrogen-bond donors (Lipinski definition) is 0. The average Bonchev–Trinajstić information content (AvgIpc) is 3.41. The van der Waals surface area contributed by atoms with Crippen LogP contribution < -0.4 is 0 Å². The van der Waals surface area contributed by atoms with E-state index in [1.807, 2.05) is 4.70 Å². The molecule has 1 fully saturated rings. The maximum absolute atomic E-state index is 5.40. The molecule has 3 aliphatic rings. The molecule has 0 aromatic heterocycles. The van der Waals surface area contributed by atoms with Crippen LogP contribution in [0.25, 0.3) is 0 Å². The molecule has 0 unspecified atom stereocenters. The maximum Gasteiger partial charge on any atom is 0.231 e. The first kappa shape index (κ1) is 58.9. The summed E-state index contributed by atoms with van der Waals surface area (Å²) >= 11 is 0. The Balaban J connectivity index is -0.000000119. The molecule has 0 saturated carbocycles. The summed E-state index contributed by atoms with van der Waals surface area (Å²) in [7, 11) is 6.85. The van der Waals surface area contributed by atoms with Crippen LogP contribution in [0.1, 0.15) is 150 Å². The predicted octanol–water partition coefficient (Wildman–Crippen LogP) is 11.3. The van der Waals surface area contributed by atoms with Crippen molar-refractivity contribution in [2.45, 2.75) is 150 Å². The Morgan fingerprint density at radius 2 is 1.31 bits per heavy atom. The molecule has 3 rings (SSSR count). The first-order valence-corrected chi connectivity index (χ1v) is 18.0. The van der Waals surface area contributed by atoms with Gasteiger partial charge < -0.3 is 23.4 Å². The third-order valence-corrected chi connectivity index (χ3v) is 8.79. The lowest BCUT2D eigenvalue weighted by atomic mass is 9.96. The van der Waals surface area contributed by atoms with Gasteiger partial charge in [-0.1, -0.05) is 121 Å². The van der Waals surface area contributed by atoms with Crippen LogP contribution >= 0.6 is 0 Å². The Morgan fingerprint density at radius 3 is 1.73 bits per heavy atom. The molecule has 0 amide bonds. The second-order valence-electron chi connectivity index (χ2n) is 13.4. The summed E-state index contributed by atoms with van der Waals surface area (Å²) < 4.78 is 9.81. The van der Waals surface area contributed by atoms with Crippen molar-refractivity contribution in [3.63, 3.8) is 0 Å². The van der Waals surface area contributed by atoms with Gasteiger partial charge in [0.1, 0.15) is 13.1 Å². The first-order valence-electron chi connectivity index (χ1n) is 18.0. The Bertz CT molecular complexity index is 757. The lowest BCUT2D eigenvalue weighted by Gasteiger charge is -2.41. The van der Waals surface area contributed by atoms with Gasteiger partial charge >= 0.3 is 0 Å². The number of nitrogens with zero attached hydrogens (tertiary/aromatic N) is 5. The highest BCUT2D eigenvalue weighted by Gasteiger charge is 2.28. The fraction of sp³-hybridized carbons (Fsp3) is 0.902. The third kappa shape index (κ3) is 27.5. The number of ether oxygens (including phenoxy) is 1. The standard InChI is InChI=1S/C10H22NO.C10H19N.C9H22N.C7H13N2O.5CH4/c1-3-5-11(6-4-2)7-9-12-10-8-11;1-4-9-6-7-11(3)8-10(9)5-2;1-5-7-9-10(3,4)8-6-2;1-3-4-5-9-6-7(2)10-8-9;;;;;/h3-10H2,1-2H3;4-8H2,1-3H3;5-9H2,1-4H3;2-6H2,1H3;5*1H4/q+1;;2*+1;;;;;. The zero-order chi connectivity index (χ0) is 32.6. The highest BCUT2D eigenvalue weighted by Crippen LogP contribution is 2.21. The molecule has 0 bridgehead atoms. The van der Waals surface area contributed by atoms with Crippen LogP contribution in [0.5, 0.6) is 0 Å². The van der Waals surface area contributed by atoms with Crippen molar-refractivity contribution in [3.05, 3.63) is 23.5 Å². The molecule has 48 heavy (non-hydrogen) atoms. The van der Waals surface area contributed by atoms with E-state index in [9.17, 15) is 0 Å². The third-order valence-electron chi connectivity index (χ3n) is 8.79. The average molecular weight is 691 g/mol. The quantitative estimate of drug-likeness (QED) is 0.103. The number of likely N-dealkylation sites (N-methyl/N-ethyl adjacent to an activating group) is 1. The molecule has 0 N–H and O–H groups in total. The van der Waals surface area contributed by atoms with Gasteiger partial charge in [-0.3, -0.25) is 0 Å². The summed E-state index contributed by atoms with van der Waals surface area (Å²) in [4.78, 5) is 7.23. The minimum absolute atomic E-state index is 0. The Labute approximate surface area is 306 Å². The first-order chi connectivity index (χ1) is 20.5. The van der Waals surface area contributed by atoms with Gasteiger partial charge in [-0.15, -0.1) is 0 Å². The van der Waals surface area contributed by atoms with E-state index in [1.165, 1.54) is 126 Å². The number of unbranched alkanes of at least 4 members (excludes halogenated alkanes) is 2. The van der Waals surface area contributed by atoms with Crippen LogP contribution in [0.15, 0.2) is 28.8 Å². The zero-order valence-electron chi connectivity index (χ0n) is 30.8. The van der Waals surface area contributed by atoms with Gasteiger partial charge in [0, 0.05) is 19.5 Å². The second kappa shape index (κ2) is 35.5. The smallest absolute Gasteiger partial charge is 0.231 e. The number of hydrogen-bond acceptors (Lipinski definition) is 4. The molecule has 294 valence electrons. The SMILES string of the molecule is C.C.C.C.C.C=C1C[N+](CCCC)=NO1.CCC1=C(CC)CN(C)CC1.CCCC[N+](C)(C)CCC.CCC[N+]1(CCC)CCOCC1. The minimum atomic E-state index is 0. The number of rotatable bonds is 14. The van der Waals surface area contributed by atoms with E-state index in [2.05, 4.69) is 86.4 Å². The molecule has 0 atom stereocenters. The Hall–Kier alpha value is -1.28. The summed E-state index contributed by atoms with van der Waals surface area (Å²) in [5.74, 6) is 0.746. The van der Waals surface area contributed by atoms with Gasteiger partial charge in [0.05, 0.1) is 53.5 Å². The van der Waals surface area contributed by atoms with E-state index in [0.29, 0.717) is 0 Å². The Kier molecular flexibility index (Phi) is 43.6. The molecule has 3 aliphatic heterocycles.